The first-order valence-electron chi connectivity index (χ1n) is 10.8. The van der Waals surface area contributed by atoms with Crippen molar-refractivity contribution >= 4 is 23.4 Å². The Bertz CT molecular complexity index is 1070. The lowest BCUT2D eigenvalue weighted by Gasteiger charge is -2.32. The van der Waals surface area contributed by atoms with E-state index in [1.807, 2.05) is 29.8 Å². The molecule has 0 unspecified atom stereocenters. The Morgan fingerprint density at radius 3 is 2.72 bits per heavy atom. The van der Waals surface area contributed by atoms with Crippen LogP contribution in [0.15, 0.2) is 47.4 Å². The van der Waals surface area contributed by atoms with Crippen molar-refractivity contribution < 1.29 is 14.0 Å². The molecule has 3 aromatic heterocycles. The fourth-order valence-corrected chi connectivity index (χ4v) is 4.14. The maximum absolute atomic E-state index is 12.9. The summed E-state index contributed by atoms with van der Waals surface area (Å²) in [5, 5.41) is 3.21. The third-order valence-corrected chi connectivity index (χ3v) is 5.90. The number of rotatable bonds is 7. The van der Waals surface area contributed by atoms with Crippen LogP contribution in [0.3, 0.4) is 0 Å². The summed E-state index contributed by atoms with van der Waals surface area (Å²) in [6.45, 7) is 4.44. The zero-order valence-electron chi connectivity index (χ0n) is 18.0. The highest BCUT2D eigenvalue weighted by Gasteiger charge is 2.29. The number of pyridine rings is 1. The molecule has 9 heteroatoms. The van der Waals surface area contributed by atoms with E-state index in [0.717, 1.165) is 37.2 Å². The molecule has 4 heterocycles. The lowest BCUT2D eigenvalue weighted by atomic mass is 9.89. The molecule has 1 aliphatic heterocycles. The lowest BCUT2D eigenvalue weighted by molar-refractivity contribution is 0.0678. The van der Waals surface area contributed by atoms with E-state index in [4.69, 9.17) is 21.0 Å². The summed E-state index contributed by atoms with van der Waals surface area (Å²) >= 11 is 5.79. The van der Waals surface area contributed by atoms with Crippen molar-refractivity contribution in [2.24, 2.45) is 0 Å². The maximum Gasteiger partial charge on any atom is 0.289 e. The molecule has 0 radical (unpaired) electrons. The molecule has 0 spiro atoms. The molecule has 1 aliphatic rings. The van der Waals surface area contributed by atoms with E-state index in [1.165, 1.54) is 0 Å². The molecular formula is C23H26ClN5O3. The Labute approximate surface area is 191 Å². The van der Waals surface area contributed by atoms with E-state index in [1.54, 1.807) is 29.6 Å². The van der Waals surface area contributed by atoms with Crippen molar-refractivity contribution in [3.05, 3.63) is 70.9 Å². The van der Waals surface area contributed by atoms with Gasteiger partial charge in [-0.25, -0.2) is 4.98 Å². The summed E-state index contributed by atoms with van der Waals surface area (Å²) in [5.41, 5.74) is 2.30. The zero-order valence-corrected chi connectivity index (χ0v) is 18.7. The van der Waals surface area contributed by atoms with Gasteiger partial charge in [0.25, 0.3) is 11.8 Å². The molecule has 0 aromatic carbocycles. The van der Waals surface area contributed by atoms with Crippen LogP contribution in [-0.2, 0) is 6.54 Å². The molecule has 0 bridgehead atoms. The number of aryl methyl sites for hydroxylation is 2. The Morgan fingerprint density at radius 2 is 2.03 bits per heavy atom. The molecule has 2 amide bonds. The van der Waals surface area contributed by atoms with Gasteiger partial charge in [0.2, 0.25) is 0 Å². The highest BCUT2D eigenvalue weighted by Crippen LogP contribution is 2.30. The number of imidazole rings is 1. The molecular weight excluding hydrogens is 430 g/mol. The number of nitrogens with one attached hydrogen (secondary N) is 1. The monoisotopic (exact) mass is 455 g/mol. The molecule has 1 fully saturated rings. The smallest absolute Gasteiger partial charge is 0.289 e. The summed E-state index contributed by atoms with van der Waals surface area (Å²) in [7, 11) is 0. The molecule has 1 N–H and O–H groups in total. The van der Waals surface area contributed by atoms with Gasteiger partial charge < -0.3 is 19.2 Å². The average Bonchev–Trinajstić information content (AvgIpc) is 3.48. The van der Waals surface area contributed by atoms with Crippen LogP contribution in [0.25, 0.3) is 0 Å². The summed E-state index contributed by atoms with van der Waals surface area (Å²) < 4.78 is 7.23. The fourth-order valence-electron chi connectivity index (χ4n) is 4.00. The molecule has 3 aromatic rings. The lowest BCUT2D eigenvalue weighted by Crippen LogP contribution is -2.38. The van der Waals surface area contributed by atoms with Crippen LogP contribution in [0.1, 0.15) is 57.5 Å². The molecule has 0 atom stereocenters. The first-order valence-corrected chi connectivity index (χ1v) is 11.1. The molecule has 1 saturated heterocycles. The number of likely N-dealkylation sites (tertiary alicyclic amines) is 1. The van der Waals surface area contributed by atoms with Crippen molar-refractivity contribution in [3.63, 3.8) is 0 Å². The minimum absolute atomic E-state index is 0.109. The van der Waals surface area contributed by atoms with Crippen LogP contribution in [-0.4, -0.2) is 50.9 Å². The number of nitrogens with zero attached hydrogens (tertiary/aromatic N) is 4. The van der Waals surface area contributed by atoms with Crippen LogP contribution in [0, 0.1) is 6.92 Å². The Hall–Kier alpha value is -3.13. The Morgan fingerprint density at radius 1 is 1.22 bits per heavy atom. The maximum atomic E-state index is 12.9. The van der Waals surface area contributed by atoms with Gasteiger partial charge in [-0.15, -0.1) is 0 Å². The van der Waals surface area contributed by atoms with Crippen LogP contribution in [0.2, 0.25) is 5.22 Å². The third kappa shape index (κ3) is 5.19. The highest BCUT2D eigenvalue weighted by molar-refractivity contribution is 6.29. The predicted molar refractivity (Wildman–Crippen MR) is 120 cm³/mol. The van der Waals surface area contributed by atoms with E-state index in [-0.39, 0.29) is 28.7 Å². The number of carbonyl (C=O) groups excluding carboxylic acids is 2. The van der Waals surface area contributed by atoms with E-state index in [9.17, 15) is 9.59 Å². The second-order valence-corrected chi connectivity index (χ2v) is 8.34. The van der Waals surface area contributed by atoms with Crippen LogP contribution in [0.4, 0.5) is 0 Å². The minimum Gasteiger partial charge on any atom is -0.440 e. The van der Waals surface area contributed by atoms with Gasteiger partial charge in [-0.2, -0.15) is 0 Å². The normalized spacial score (nSPS) is 14.5. The SMILES string of the molecule is Cc1ccc(C(=O)NCCCn2ccnc2)c(C2CCN(C(=O)c3ccc(Cl)o3)CC2)n1. The summed E-state index contributed by atoms with van der Waals surface area (Å²) in [4.78, 5) is 36.0. The van der Waals surface area contributed by atoms with Crippen LogP contribution < -0.4 is 5.32 Å². The quantitative estimate of drug-likeness (QED) is 0.548. The Kier molecular flexibility index (Phi) is 6.90. The van der Waals surface area contributed by atoms with Gasteiger partial charge in [-0.1, -0.05) is 0 Å². The van der Waals surface area contributed by atoms with E-state index < -0.39 is 0 Å². The molecule has 0 aliphatic carbocycles. The van der Waals surface area contributed by atoms with Crippen LogP contribution >= 0.6 is 11.6 Å². The number of halogens is 1. The molecule has 32 heavy (non-hydrogen) atoms. The molecule has 4 rings (SSSR count). The van der Waals surface area contributed by atoms with Crippen molar-refractivity contribution in [1.82, 2.24) is 24.8 Å². The summed E-state index contributed by atoms with van der Waals surface area (Å²) in [5.74, 6) is 0.0917. The number of amides is 2. The average molecular weight is 456 g/mol. The van der Waals surface area contributed by atoms with Gasteiger partial charge in [0.1, 0.15) is 0 Å². The molecule has 8 nitrogen and oxygen atoms in total. The van der Waals surface area contributed by atoms with Gasteiger partial charge in [-0.05, 0) is 62.1 Å². The van der Waals surface area contributed by atoms with Crippen molar-refractivity contribution in [2.75, 3.05) is 19.6 Å². The number of furan rings is 1. The Balaban J connectivity index is 1.36. The van der Waals surface area contributed by atoms with E-state index in [2.05, 4.69) is 10.3 Å². The third-order valence-electron chi connectivity index (χ3n) is 5.70. The molecule has 168 valence electrons. The van der Waals surface area contributed by atoms with Gasteiger partial charge in [0.15, 0.2) is 11.0 Å². The van der Waals surface area contributed by atoms with Crippen LogP contribution in [0.5, 0.6) is 0 Å². The van der Waals surface area contributed by atoms with Gasteiger partial charge in [-0.3, -0.25) is 14.6 Å². The predicted octanol–water partition coefficient (Wildman–Crippen LogP) is 3.67. The van der Waals surface area contributed by atoms with Gasteiger partial charge >= 0.3 is 0 Å². The second kappa shape index (κ2) is 9.99. The van der Waals surface area contributed by atoms with Gasteiger partial charge in [0.05, 0.1) is 17.6 Å². The zero-order chi connectivity index (χ0) is 22.5. The van der Waals surface area contributed by atoms with Crippen molar-refractivity contribution in [2.45, 2.75) is 38.6 Å². The van der Waals surface area contributed by atoms with Crippen molar-refractivity contribution in [1.29, 1.82) is 0 Å². The number of piperidine rings is 1. The summed E-state index contributed by atoms with van der Waals surface area (Å²) in [6, 6.07) is 6.88. The number of hydrogen-bond donors (Lipinski definition) is 1. The fraction of sp³-hybridized carbons (Fsp3) is 0.391. The second-order valence-electron chi connectivity index (χ2n) is 7.97. The standard InChI is InChI=1S/C23H26ClN5O3/c1-16-3-4-18(22(30)26-9-2-11-28-14-10-25-15-28)21(27-16)17-7-12-29(13-8-17)23(31)19-5-6-20(24)32-19/h3-6,10,14-15,17H,2,7-9,11-13H2,1H3,(H,26,30). The topological polar surface area (TPSA) is 93.3 Å². The minimum atomic E-state index is -0.164. The van der Waals surface area contributed by atoms with E-state index >= 15 is 0 Å². The number of hydrogen-bond acceptors (Lipinski definition) is 5. The summed E-state index contributed by atoms with van der Waals surface area (Å²) in [6.07, 6.45) is 7.69. The first-order chi connectivity index (χ1) is 15.5. The molecule has 0 saturated carbocycles. The number of aromatic nitrogens is 3. The number of carbonyl (C=O) groups is 2. The van der Waals surface area contributed by atoms with Crippen molar-refractivity contribution in [3.8, 4) is 0 Å². The van der Waals surface area contributed by atoms with E-state index in [0.29, 0.717) is 25.2 Å². The first kappa shape index (κ1) is 22.1. The largest absolute Gasteiger partial charge is 0.440 e. The highest BCUT2D eigenvalue weighted by atomic mass is 35.5. The van der Waals surface area contributed by atoms with Gasteiger partial charge in [0, 0.05) is 50.2 Å².